The molecule has 5 nitrogen and oxygen atoms in total. The number of nitrogen functional groups attached to an aromatic ring is 1. The Morgan fingerprint density at radius 2 is 1.84 bits per heavy atom. The Labute approximate surface area is 112 Å². The van der Waals surface area contributed by atoms with Crippen molar-refractivity contribution in [1.82, 2.24) is 9.97 Å². The van der Waals surface area contributed by atoms with Gasteiger partial charge in [-0.2, -0.15) is 4.98 Å². The van der Waals surface area contributed by atoms with Crippen LogP contribution in [0.4, 0.5) is 11.8 Å². The first-order valence-electron chi connectivity index (χ1n) is 6.67. The van der Waals surface area contributed by atoms with E-state index in [1.807, 2.05) is 18.2 Å². The number of rotatable bonds is 2. The van der Waals surface area contributed by atoms with Crippen molar-refractivity contribution in [3.63, 3.8) is 0 Å². The maximum Gasteiger partial charge on any atom is 0.239 e. The van der Waals surface area contributed by atoms with Gasteiger partial charge in [0.25, 0.3) is 0 Å². The smallest absolute Gasteiger partial charge is 0.239 e. The number of hydrogen-bond acceptors (Lipinski definition) is 5. The van der Waals surface area contributed by atoms with Crippen LogP contribution < -0.4 is 16.2 Å². The van der Waals surface area contributed by atoms with E-state index < -0.39 is 0 Å². The van der Waals surface area contributed by atoms with Crippen LogP contribution in [0.15, 0.2) is 24.3 Å². The number of fused-ring (bicyclic) bond motifs is 1. The molecule has 0 spiro atoms. The Bertz CT molecular complexity index is 587. The number of hydrazine groups is 1. The number of para-hydroxylation sites is 1. The van der Waals surface area contributed by atoms with Crippen molar-refractivity contribution in [3.05, 3.63) is 24.3 Å². The second kappa shape index (κ2) is 4.66. The number of nitrogens with two attached hydrogens (primary N) is 1. The van der Waals surface area contributed by atoms with E-state index in [1.54, 1.807) is 0 Å². The molecule has 3 rings (SSSR count). The van der Waals surface area contributed by atoms with E-state index in [1.165, 1.54) is 0 Å². The zero-order valence-electron chi connectivity index (χ0n) is 11.3. The molecule has 1 aliphatic heterocycles. The lowest BCUT2D eigenvalue weighted by Crippen LogP contribution is -2.22. The van der Waals surface area contributed by atoms with E-state index in [2.05, 4.69) is 40.2 Å². The van der Waals surface area contributed by atoms with Crippen LogP contribution in [-0.4, -0.2) is 23.1 Å². The lowest BCUT2D eigenvalue weighted by molar-refractivity contribution is 0.494. The van der Waals surface area contributed by atoms with E-state index in [9.17, 15) is 0 Å². The van der Waals surface area contributed by atoms with Gasteiger partial charge in [0.15, 0.2) is 0 Å². The first-order chi connectivity index (χ1) is 9.19. The summed E-state index contributed by atoms with van der Waals surface area (Å²) >= 11 is 0. The van der Waals surface area contributed by atoms with Crippen LogP contribution in [0.1, 0.15) is 13.8 Å². The van der Waals surface area contributed by atoms with E-state index in [0.29, 0.717) is 17.8 Å². The van der Waals surface area contributed by atoms with Crippen LogP contribution in [0.3, 0.4) is 0 Å². The average molecular weight is 257 g/mol. The Morgan fingerprint density at radius 3 is 2.53 bits per heavy atom. The fraction of sp³-hybridized carbons (Fsp3) is 0.429. The van der Waals surface area contributed by atoms with E-state index in [4.69, 9.17) is 5.84 Å². The molecule has 1 aliphatic rings. The zero-order chi connectivity index (χ0) is 13.4. The van der Waals surface area contributed by atoms with Crippen molar-refractivity contribution in [2.24, 2.45) is 17.7 Å². The predicted molar refractivity (Wildman–Crippen MR) is 77.9 cm³/mol. The molecule has 2 atom stereocenters. The summed E-state index contributed by atoms with van der Waals surface area (Å²) in [6.07, 6.45) is 0. The highest BCUT2D eigenvalue weighted by Gasteiger charge is 2.28. The van der Waals surface area contributed by atoms with E-state index >= 15 is 0 Å². The number of aromatic nitrogens is 2. The molecule has 3 N–H and O–H groups in total. The quantitative estimate of drug-likeness (QED) is 0.636. The minimum Gasteiger partial charge on any atom is -0.355 e. The van der Waals surface area contributed by atoms with Crippen LogP contribution in [0.5, 0.6) is 0 Å². The van der Waals surface area contributed by atoms with Gasteiger partial charge in [-0.05, 0) is 24.0 Å². The summed E-state index contributed by atoms with van der Waals surface area (Å²) in [5.74, 6) is 8.29. The third-order valence-electron chi connectivity index (χ3n) is 4.00. The van der Waals surface area contributed by atoms with E-state index in [0.717, 1.165) is 29.8 Å². The highest BCUT2D eigenvalue weighted by Crippen LogP contribution is 2.31. The van der Waals surface area contributed by atoms with Crippen LogP contribution in [0, 0.1) is 11.8 Å². The summed E-state index contributed by atoms with van der Waals surface area (Å²) < 4.78 is 0. The molecule has 100 valence electrons. The highest BCUT2D eigenvalue weighted by molar-refractivity contribution is 5.90. The van der Waals surface area contributed by atoms with Gasteiger partial charge < -0.3 is 4.90 Å². The first kappa shape index (κ1) is 12.2. The molecule has 5 heteroatoms. The maximum absolute atomic E-state index is 5.47. The van der Waals surface area contributed by atoms with Crippen LogP contribution in [-0.2, 0) is 0 Å². The molecule has 2 unspecified atom stereocenters. The van der Waals surface area contributed by atoms with Gasteiger partial charge in [-0.3, -0.25) is 5.43 Å². The lowest BCUT2D eigenvalue weighted by atomic mass is 10.0. The maximum atomic E-state index is 5.47. The Balaban J connectivity index is 2.11. The number of hydrogen-bond donors (Lipinski definition) is 2. The van der Waals surface area contributed by atoms with Crippen LogP contribution >= 0.6 is 0 Å². The van der Waals surface area contributed by atoms with Gasteiger partial charge in [-0.1, -0.05) is 26.0 Å². The third kappa shape index (κ3) is 2.10. The Kier molecular flexibility index (Phi) is 2.98. The molecule has 0 bridgehead atoms. The van der Waals surface area contributed by atoms with Gasteiger partial charge in [0.1, 0.15) is 5.82 Å². The number of nitrogens with zero attached hydrogens (tertiary/aromatic N) is 3. The van der Waals surface area contributed by atoms with Crippen molar-refractivity contribution in [2.45, 2.75) is 13.8 Å². The number of anilines is 2. The Hall–Kier alpha value is -1.88. The van der Waals surface area contributed by atoms with Gasteiger partial charge in [0.2, 0.25) is 5.95 Å². The molecule has 1 fully saturated rings. The van der Waals surface area contributed by atoms with Crippen molar-refractivity contribution < 1.29 is 0 Å². The lowest BCUT2D eigenvalue weighted by Gasteiger charge is -2.19. The first-order valence-corrected chi connectivity index (χ1v) is 6.67. The molecule has 0 amide bonds. The van der Waals surface area contributed by atoms with Gasteiger partial charge in [-0.25, -0.2) is 10.8 Å². The van der Waals surface area contributed by atoms with Crippen molar-refractivity contribution in [1.29, 1.82) is 0 Å². The molecule has 0 aliphatic carbocycles. The van der Waals surface area contributed by atoms with Crippen molar-refractivity contribution in [2.75, 3.05) is 23.4 Å². The second-order valence-corrected chi connectivity index (χ2v) is 5.39. The van der Waals surface area contributed by atoms with Crippen molar-refractivity contribution >= 4 is 22.7 Å². The zero-order valence-corrected chi connectivity index (χ0v) is 11.3. The van der Waals surface area contributed by atoms with Gasteiger partial charge in [0, 0.05) is 18.5 Å². The number of benzene rings is 1. The summed E-state index contributed by atoms with van der Waals surface area (Å²) in [6, 6.07) is 8.06. The monoisotopic (exact) mass is 257 g/mol. The topological polar surface area (TPSA) is 67.1 Å². The molecule has 19 heavy (non-hydrogen) atoms. The largest absolute Gasteiger partial charge is 0.355 e. The highest BCUT2D eigenvalue weighted by atomic mass is 15.3. The molecule has 1 saturated heterocycles. The molecule has 2 aromatic rings. The van der Waals surface area contributed by atoms with Crippen LogP contribution in [0.2, 0.25) is 0 Å². The summed E-state index contributed by atoms with van der Waals surface area (Å²) in [5.41, 5.74) is 3.48. The molecular formula is C14H19N5. The minimum atomic E-state index is 0.473. The van der Waals surface area contributed by atoms with Crippen molar-refractivity contribution in [3.8, 4) is 0 Å². The molecule has 1 aromatic heterocycles. The normalized spacial score (nSPS) is 23.0. The third-order valence-corrected chi connectivity index (χ3v) is 4.00. The molecule has 1 aromatic carbocycles. The molecule has 0 saturated carbocycles. The molecule has 0 radical (unpaired) electrons. The average Bonchev–Trinajstić information content (AvgIpc) is 2.77. The summed E-state index contributed by atoms with van der Waals surface area (Å²) in [4.78, 5) is 11.3. The molecular weight excluding hydrogens is 238 g/mol. The molecule has 2 heterocycles. The second-order valence-electron chi connectivity index (χ2n) is 5.39. The standard InChI is InChI=1S/C14H19N5/c1-9-7-19(8-10(9)2)13-11-5-3-4-6-12(11)16-14(17-13)18-15/h3-6,9-10H,7-8,15H2,1-2H3,(H,16,17,18). The SMILES string of the molecule is CC1CN(c2nc(NN)nc3ccccc23)CC1C. The van der Waals surface area contributed by atoms with Crippen LogP contribution in [0.25, 0.3) is 10.9 Å². The summed E-state index contributed by atoms with van der Waals surface area (Å²) in [5, 5.41) is 1.09. The van der Waals surface area contributed by atoms with Gasteiger partial charge in [0.05, 0.1) is 5.52 Å². The number of nitrogens with one attached hydrogen (secondary N) is 1. The van der Waals surface area contributed by atoms with E-state index in [-0.39, 0.29) is 0 Å². The fourth-order valence-corrected chi connectivity index (χ4v) is 2.67. The minimum absolute atomic E-state index is 0.473. The Morgan fingerprint density at radius 1 is 1.16 bits per heavy atom. The van der Waals surface area contributed by atoms with Gasteiger partial charge >= 0.3 is 0 Å². The summed E-state index contributed by atoms with van der Waals surface area (Å²) in [7, 11) is 0. The fourth-order valence-electron chi connectivity index (χ4n) is 2.67. The summed E-state index contributed by atoms with van der Waals surface area (Å²) in [6.45, 7) is 6.64. The predicted octanol–water partition coefficient (Wildman–Crippen LogP) is 2.01. The van der Waals surface area contributed by atoms with Gasteiger partial charge in [-0.15, -0.1) is 0 Å².